The van der Waals surface area contributed by atoms with Crippen LogP contribution >= 0.6 is 12.4 Å². The number of likely N-dealkylation sites (N-methyl/N-ethyl adjacent to an activating group) is 1. The standard InChI is InChI=1S/C14H29N3O.ClH/c1-4-11(2)13(15)14(18)16-9-10-17(3)12-7-5-6-8-12;/h11-13H,4-10,15H2,1-3H3,(H,16,18);1H. The highest BCUT2D eigenvalue weighted by atomic mass is 35.5. The maximum Gasteiger partial charge on any atom is 0.237 e. The van der Waals surface area contributed by atoms with Gasteiger partial charge in [-0.3, -0.25) is 4.79 Å². The zero-order valence-corrected chi connectivity index (χ0v) is 13.3. The monoisotopic (exact) mass is 291 g/mol. The van der Waals surface area contributed by atoms with Gasteiger partial charge >= 0.3 is 0 Å². The average molecular weight is 292 g/mol. The summed E-state index contributed by atoms with van der Waals surface area (Å²) in [7, 11) is 2.15. The summed E-state index contributed by atoms with van der Waals surface area (Å²) in [6, 6.07) is 0.344. The molecule has 0 radical (unpaired) electrons. The van der Waals surface area contributed by atoms with Gasteiger partial charge in [0.05, 0.1) is 6.04 Å². The molecule has 4 nitrogen and oxygen atoms in total. The number of hydrogen-bond acceptors (Lipinski definition) is 3. The van der Waals surface area contributed by atoms with Gasteiger partial charge in [0.25, 0.3) is 0 Å². The predicted octanol–water partition coefficient (Wildman–Crippen LogP) is 1.77. The lowest BCUT2D eigenvalue weighted by molar-refractivity contribution is -0.123. The van der Waals surface area contributed by atoms with E-state index in [2.05, 4.69) is 24.2 Å². The Bertz CT molecular complexity index is 257. The third-order valence-corrected chi connectivity index (χ3v) is 4.27. The van der Waals surface area contributed by atoms with Crippen molar-refractivity contribution in [3.05, 3.63) is 0 Å². The molecule has 0 aromatic carbocycles. The lowest BCUT2D eigenvalue weighted by atomic mass is 9.99. The van der Waals surface area contributed by atoms with E-state index in [4.69, 9.17) is 5.73 Å². The van der Waals surface area contributed by atoms with Gasteiger partial charge in [-0.2, -0.15) is 0 Å². The van der Waals surface area contributed by atoms with Crippen LogP contribution in [0.25, 0.3) is 0 Å². The average Bonchev–Trinajstić information content (AvgIpc) is 2.90. The fraction of sp³-hybridized carbons (Fsp3) is 0.929. The van der Waals surface area contributed by atoms with Gasteiger partial charge in [0.15, 0.2) is 0 Å². The van der Waals surface area contributed by atoms with E-state index in [1.165, 1.54) is 25.7 Å². The molecule has 1 aliphatic carbocycles. The van der Waals surface area contributed by atoms with Crippen LogP contribution < -0.4 is 11.1 Å². The summed E-state index contributed by atoms with van der Waals surface area (Å²) >= 11 is 0. The molecule has 0 saturated heterocycles. The van der Waals surface area contributed by atoms with Crippen LogP contribution in [0.1, 0.15) is 46.0 Å². The van der Waals surface area contributed by atoms with Crippen LogP contribution in [-0.2, 0) is 4.79 Å². The Hall–Kier alpha value is -0.320. The number of nitrogens with two attached hydrogens (primary N) is 1. The van der Waals surface area contributed by atoms with Crippen molar-refractivity contribution in [1.29, 1.82) is 0 Å². The quantitative estimate of drug-likeness (QED) is 0.752. The number of amides is 1. The molecule has 0 aromatic heterocycles. The van der Waals surface area contributed by atoms with Gasteiger partial charge in [-0.15, -0.1) is 12.4 Å². The Morgan fingerprint density at radius 1 is 1.42 bits per heavy atom. The van der Waals surface area contributed by atoms with Gasteiger partial charge in [-0.1, -0.05) is 33.1 Å². The van der Waals surface area contributed by atoms with Crippen molar-refractivity contribution >= 4 is 18.3 Å². The van der Waals surface area contributed by atoms with Gasteiger partial charge < -0.3 is 16.0 Å². The molecular weight excluding hydrogens is 262 g/mol. The number of nitrogens with one attached hydrogen (secondary N) is 1. The Labute approximate surface area is 123 Å². The number of hydrogen-bond donors (Lipinski definition) is 2. The second kappa shape index (κ2) is 9.56. The van der Waals surface area contributed by atoms with Crippen LogP contribution in [0, 0.1) is 5.92 Å². The highest BCUT2D eigenvalue weighted by Crippen LogP contribution is 2.21. The van der Waals surface area contributed by atoms with Gasteiger partial charge in [0.1, 0.15) is 0 Å². The predicted molar refractivity (Wildman–Crippen MR) is 82.6 cm³/mol. The van der Waals surface area contributed by atoms with E-state index in [0.717, 1.165) is 13.0 Å². The molecule has 114 valence electrons. The number of rotatable bonds is 7. The van der Waals surface area contributed by atoms with E-state index in [0.29, 0.717) is 12.6 Å². The van der Waals surface area contributed by atoms with Crippen LogP contribution in [-0.4, -0.2) is 43.0 Å². The maximum atomic E-state index is 11.8. The van der Waals surface area contributed by atoms with Crippen molar-refractivity contribution in [2.75, 3.05) is 20.1 Å². The number of halogens is 1. The molecule has 1 amide bonds. The van der Waals surface area contributed by atoms with Crippen molar-refractivity contribution in [1.82, 2.24) is 10.2 Å². The highest BCUT2D eigenvalue weighted by Gasteiger charge is 2.21. The molecule has 0 aromatic rings. The second-order valence-corrected chi connectivity index (χ2v) is 5.62. The van der Waals surface area contributed by atoms with Crippen LogP contribution in [0.15, 0.2) is 0 Å². The van der Waals surface area contributed by atoms with E-state index in [-0.39, 0.29) is 30.3 Å². The van der Waals surface area contributed by atoms with Crippen LogP contribution in [0.2, 0.25) is 0 Å². The third kappa shape index (κ3) is 6.11. The highest BCUT2D eigenvalue weighted by molar-refractivity contribution is 5.85. The summed E-state index contributed by atoms with van der Waals surface area (Å²) in [5.74, 6) is 0.238. The first kappa shape index (κ1) is 18.7. The van der Waals surface area contributed by atoms with Crippen molar-refractivity contribution in [3.63, 3.8) is 0 Å². The molecular formula is C14H30ClN3O. The van der Waals surface area contributed by atoms with Gasteiger partial charge in [-0.25, -0.2) is 0 Å². The van der Waals surface area contributed by atoms with Crippen molar-refractivity contribution in [2.45, 2.75) is 58.0 Å². The Balaban J connectivity index is 0.00000324. The van der Waals surface area contributed by atoms with Gasteiger partial charge in [0, 0.05) is 19.1 Å². The Morgan fingerprint density at radius 2 is 2.00 bits per heavy atom. The minimum atomic E-state index is -0.369. The first-order valence-electron chi connectivity index (χ1n) is 7.29. The minimum Gasteiger partial charge on any atom is -0.353 e. The summed E-state index contributed by atoms with van der Waals surface area (Å²) in [5, 5.41) is 2.95. The topological polar surface area (TPSA) is 58.4 Å². The molecule has 0 heterocycles. The summed E-state index contributed by atoms with van der Waals surface area (Å²) in [6.45, 7) is 5.71. The van der Waals surface area contributed by atoms with Gasteiger partial charge in [-0.05, 0) is 25.8 Å². The summed E-state index contributed by atoms with van der Waals surface area (Å²) in [5.41, 5.74) is 5.88. The fourth-order valence-electron chi connectivity index (χ4n) is 2.51. The lowest BCUT2D eigenvalue weighted by Gasteiger charge is -2.24. The number of nitrogens with zero attached hydrogens (tertiary/aromatic N) is 1. The Morgan fingerprint density at radius 3 is 2.53 bits per heavy atom. The van der Waals surface area contributed by atoms with Crippen LogP contribution in [0.3, 0.4) is 0 Å². The molecule has 1 rings (SSSR count). The summed E-state index contributed by atoms with van der Waals surface area (Å²) in [4.78, 5) is 14.2. The molecule has 0 bridgehead atoms. The first-order valence-corrected chi connectivity index (χ1v) is 7.29. The summed E-state index contributed by atoms with van der Waals surface area (Å²) in [6.07, 6.45) is 6.24. The minimum absolute atomic E-state index is 0. The molecule has 2 unspecified atom stereocenters. The van der Waals surface area contributed by atoms with Crippen LogP contribution in [0.4, 0.5) is 0 Å². The third-order valence-electron chi connectivity index (χ3n) is 4.27. The molecule has 1 saturated carbocycles. The van der Waals surface area contributed by atoms with Crippen molar-refractivity contribution < 1.29 is 4.79 Å². The molecule has 0 aliphatic heterocycles. The van der Waals surface area contributed by atoms with E-state index in [1.807, 2.05) is 6.92 Å². The van der Waals surface area contributed by atoms with E-state index in [1.54, 1.807) is 0 Å². The lowest BCUT2D eigenvalue weighted by Crippen LogP contribution is -2.47. The maximum absolute atomic E-state index is 11.8. The largest absolute Gasteiger partial charge is 0.353 e. The Kier molecular flexibility index (Phi) is 9.40. The van der Waals surface area contributed by atoms with E-state index in [9.17, 15) is 4.79 Å². The molecule has 0 spiro atoms. The first-order chi connectivity index (χ1) is 8.56. The normalized spacial score (nSPS) is 19.0. The molecule has 2 atom stereocenters. The molecule has 3 N–H and O–H groups in total. The van der Waals surface area contributed by atoms with E-state index >= 15 is 0 Å². The second-order valence-electron chi connectivity index (χ2n) is 5.62. The molecule has 1 fully saturated rings. The smallest absolute Gasteiger partial charge is 0.237 e. The van der Waals surface area contributed by atoms with E-state index < -0.39 is 0 Å². The fourth-order valence-corrected chi connectivity index (χ4v) is 2.51. The van der Waals surface area contributed by atoms with Crippen molar-refractivity contribution in [3.8, 4) is 0 Å². The molecule has 1 aliphatic rings. The SMILES string of the molecule is CCC(C)C(N)C(=O)NCCN(C)C1CCCC1.Cl. The molecule has 19 heavy (non-hydrogen) atoms. The zero-order chi connectivity index (χ0) is 13.5. The van der Waals surface area contributed by atoms with Gasteiger partial charge in [0.2, 0.25) is 5.91 Å². The summed E-state index contributed by atoms with van der Waals surface area (Å²) < 4.78 is 0. The number of carbonyl (C=O) groups is 1. The van der Waals surface area contributed by atoms with Crippen LogP contribution in [0.5, 0.6) is 0 Å². The molecule has 5 heteroatoms. The zero-order valence-electron chi connectivity index (χ0n) is 12.5. The number of carbonyl (C=O) groups excluding carboxylic acids is 1. The van der Waals surface area contributed by atoms with Crippen molar-refractivity contribution in [2.24, 2.45) is 11.7 Å².